The molecule has 1 heterocycles. The van der Waals surface area contributed by atoms with Crippen molar-refractivity contribution in [2.45, 2.75) is 44.8 Å². The van der Waals surface area contributed by atoms with Crippen molar-refractivity contribution in [1.82, 2.24) is 14.8 Å². The van der Waals surface area contributed by atoms with Crippen LogP contribution in [0, 0.1) is 11.8 Å². The molecule has 3 rings (SSSR count). The van der Waals surface area contributed by atoms with Crippen LogP contribution in [0.5, 0.6) is 0 Å². The summed E-state index contributed by atoms with van der Waals surface area (Å²) in [7, 11) is 1.69. The zero-order chi connectivity index (χ0) is 12.5. The van der Waals surface area contributed by atoms with Crippen LogP contribution in [0.3, 0.4) is 0 Å². The van der Waals surface area contributed by atoms with Gasteiger partial charge < -0.3 is 14.4 Å². The van der Waals surface area contributed by atoms with Gasteiger partial charge >= 0.3 is 0 Å². The van der Waals surface area contributed by atoms with E-state index < -0.39 is 0 Å². The molecule has 0 aliphatic heterocycles. The van der Waals surface area contributed by atoms with E-state index in [1.807, 2.05) is 0 Å². The average molecular weight is 251 g/mol. The molecular weight excluding hydrogens is 230 g/mol. The van der Waals surface area contributed by atoms with Crippen molar-refractivity contribution in [2.24, 2.45) is 11.8 Å². The monoisotopic (exact) mass is 251 g/mol. The predicted molar refractivity (Wildman–Crippen MR) is 66.0 cm³/mol. The smallest absolute Gasteiger partial charge is 0.158 e. The summed E-state index contributed by atoms with van der Waals surface area (Å²) >= 11 is 0. The maximum absolute atomic E-state index is 9.33. The molecule has 1 aromatic rings. The number of aliphatic hydroxyl groups excluding tert-OH is 1. The Morgan fingerprint density at radius 2 is 2.00 bits per heavy atom. The Bertz CT molecular complexity index is 406. The number of rotatable bonds is 5. The Morgan fingerprint density at radius 1 is 1.28 bits per heavy atom. The van der Waals surface area contributed by atoms with Gasteiger partial charge in [-0.15, -0.1) is 10.2 Å². The molecule has 0 radical (unpaired) electrons. The van der Waals surface area contributed by atoms with Gasteiger partial charge in [0.05, 0.1) is 6.61 Å². The van der Waals surface area contributed by atoms with E-state index in [9.17, 15) is 5.11 Å². The van der Waals surface area contributed by atoms with Crippen LogP contribution in [0.4, 0.5) is 0 Å². The van der Waals surface area contributed by atoms with Crippen LogP contribution in [0.1, 0.15) is 43.3 Å². The third-order valence-electron chi connectivity index (χ3n) is 4.47. The molecule has 5 nitrogen and oxygen atoms in total. The van der Waals surface area contributed by atoms with Gasteiger partial charge in [0.25, 0.3) is 0 Å². The number of aromatic nitrogens is 3. The van der Waals surface area contributed by atoms with Crippen LogP contribution in [0.25, 0.3) is 0 Å². The summed E-state index contributed by atoms with van der Waals surface area (Å²) in [6.45, 7) is 1.34. The fourth-order valence-electron chi connectivity index (χ4n) is 3.51. The maximum atomic E-state index is 9.33. The number of nitrogens with zero attached hydrogens (tertiary/aromatic N) is 3. The molecule has 5 heteroatoms. The summed E-state index contributed by atoms with van der Waals surface area (Å²) in [5.74, 6) is 3.96. The molecule has 0 bridgehead atoms. The molecule has 100 valence electrons. The fraction of sp³-hybridized carbons (Fsp3) is 0.846. The first kappa shape index (κ1) is 12.1. The van der Waals surface area contributed by atoms with Crippen molar-refractivity contribution in [3.05, 3.63) is 11.6 Å². The Balaban J connectivity index is 1.81. The summed E-state index contributed by atoms with van der Waals surface area (Å²) in [5.41, 5.74) is 0. The lowest BCUT2D eigenvalue weighted by molar-refractivity contribution is 0.181. The first-order chi connectivity index (χ1) is 8.86. The van der Waals surface area contributed by atoms with E-state index in [4.69, 9.17) is 4.74 Å². The second kappa shape index (κ2) is 4.97. The van der Waals surface area contributed by atoms with Gasteiger partial charge in [-0.1, -0.05) is 12.8 Å². The Hall–Kier alpha value is -0.940. The van der Waals surface area contributed by atoms with Crippen molar-refractivity contribution in [3.8, 4) is 0 Å². The van der Waals surface area contributed by atoms with Gasteiger partial charge in [0.1, 0.15) is 12.4 Å². The molecule has 2 saturated carbocycles. The number of hydrogen-bond donors (Lipinski definition) is 1. The molecule has 1 aromatic heterocycles. The van der Waals surface area contributed by atoms with Gasteiger partial charge in [0.2, 0.25) is 0 Å². The van der Waals surface area contributed by atoms with Crippen molar-refractivity contribution in [2.75, 3.05) is 13.7 Å². The summed E-state index contributed by atoms with van der Waals surface area (Å²) < 4.78 is 7.19. The first-order valence-electron chi connectivity index (χ1n) is 6.88. The van der Waals surface area contributed by atoms with Gasteiger partial charge in [-0.2, -0.15) is 0 Å². The highest BCUT2D eigenvalue weighted by Crippen LogP contribution is 2.60. The lowest BCUT2D eigenvalue weighted by atomic mass is 10.0. The molecule has 2 atom stereocenters. The molecule has 1 N–H and O–H groups in total. The molecule has 0 aromatic carbocycles. The standard InChI is InChI=1S/C13H21N3O2/c1-18-7-6-16-11(8-17)14-15-13(16)12-9-4-2-3-5-10(9)12/h9-10,12,17H,2-8H2,1H3. The van der Waals surface area contributed by atoms with E-state index >= 15 is 0 Å². The van der Waals surface area contributed by atoms with E-state index in [2.05, 4.69) is 14.8 Å². The van der Waals surface area contributed by atoms with Gasteiger partial charge in [-0.3, -0.25) is 0 Å². The van der Waals surface area contributed by atoms with Crippen LogP contribution < -0.4 is 0 Å². The molecule has 0 spiro atoms. The summed E-state index contributed by atoms with van der Waals surface area (Å²) in [5, 5.41) is 17.8. The van der Waals surface area contributed by atoms with E-state index in [0.717, 1.165) is 24.2 Å². The zero-order valence-corrected chi connectivity index (χ0v) is 10.9. The van der Waals surface area contributed by atoms with Crippen LogP contribution in [0.2, 0.25) is 0 Å². The molecule has 18 heavy (non-hydrogen) atoms. The number of fused-ring (bicyclic) bond motifs is 1. The normalized spacial score (nSPS) is 30.2. The first-order valence-corrected chi connectivity index (χ1v) is 6.88. The minimum atomic E-state index is -0.0429. The molecule has 2 aliphatic rings. The van der Waals surface area contributed by atoms with Crippen molar-refractivity contribution < 1.29 is 9.84 Å². The predicted octanol–water partition coefficient (Wildman–Crippen LogP) is 1.32. The minimum absolute atomic E-state index is 0.0429. The highest BCUT2D eigenvalue weighted by Gasteiger charge is 2.53. The minimum Gasteiger partial charge on any atom is -0.388 e. The third-order valence-corrected chi connectivity index (χ3v) is 4.47. The Labute approximate surface area is 107 Å². The quantitative estimate of drug-likeness (QED) is 0.857. The average Bonchev–Trinajstić information content (AvgIpc) is 3.00. The SMILES string of the molecule is COCCn1c(CO)nnc1C1C2CCCCC21. The van der Waals surface area contributed by atoms with E-state index in [1.54, 1.807) is 7.11 Å². The number of methoxy groups -OCH3 is 1. The molecule has 2 unspecified atom stereocenters. The molecule has 0 saturated heterocycles. The van der Waals surface area contributed by atoms with Gasteiger partial charge in [0, 0.05) is 19.6 Å². The molecular formula is C13H21N3O2. The molecule has 0 amide bonds. The van der Waals surface area contributed by atoms with E-state index in [-0.39, 0.29) is 6.61 Å². The number of ether oxygens (including phenoxy) is 1. The highest BCUT2D eigenvalue weighted by atomic mass is 16.5. The van der Waals surface area contributed by atoms with Gasteiger partial charge in [-0.25, -0.2) is 0 Å². The topological polar surface area (TPSA) is 60.2 Å². The summed E-state index contributed by atoms with van der Waals surface area (Å²) in [6.07, 6.45) is 5.38. The van der Waals surface area contributed by atoms with Crippen molar-refractivity contribution in [3.63, 3.8) is 0 Å². The lowest BCUT2D eigenvalue weighted by Crippen LogP contribution is -2.12. The molecule has 2 aliphatic carbocycles. The highest BCUT2D eigenvalue weighted by molar-refractivity contribution is 5.18. The van der Waals surface area contributed by atoms with Crippen LogP contribution >= 0.6 is 0 Å². The largest absolute Gasteiger partial charge is 0.388 e. The second-order valence-corrected chi connectivity index (χ2v) is 5.41. The Kier molecular flexibility index (Phi) is 3.35. The number of hydrogen-bond acceptors (Lipinski definition) is 4. The van der Waals surface area contributed by atoms with Crippen molar-refractivity contribution >= 4 is 0 Å². The van der Waals surface area contributed by atoms with Crippen LogP contribution in [0.15, 0.2) is 0 Å². The second-order valence-electron chi connectivity index (χ2n) is 5.41. The van der Waals surface area contributed by atoms with Crippen molar-refractivity contribution in [1.29, 1.82) is 0 Å². The van der Waals surface area contributed by atoms with Gasteiger partial charge in [-0.05, 0) is 24.7 Å². The number of aliphatic hydroxyl groups is 1. The van der Waals surface area contributed by atoms with Crippen LogP contribution in [-0.2, 0) is 17.9 Å². The molecule has 2 fully saturated rings. The third kappa shape index (κ3) is 1.95. The fourth-order valence-corrected chi connectivity index (χ4v) is 3.51. The van der Waals surface area contributed by atoms with Crippen LogP contribution in [-0.4, -0.2) is 33.6 Å². The van der Waals surface area contributed by atoms with Gasteiger partial charge in [0.15, 0.2) is 5.82 Å². The maximum Gasteiger partial charge on any atom is 0.158 e. The summed E-state index contributed by atoms with van der Waals surface area (Å²) in [6, 6.07) is 0. The van der Waals surface area contributed by atoms with E-state index in [1.165, 1.54) is 25.7 Å². The lowest BCUT2D eigenvalue weighted by Gasteiger charge is -2.08. The Morgan fingerprint density at radius 3 is 2.61 bits per heavy atom. The summed E-state index contributed by atoms with van der Waals surface area (Å²) in [4.78, 5) is 0. The van der Waals surface area contributed by atoms with E-state index in [0.29, 0.717) is 18.3 Å². The zero-order valence-electron chi connectivity index (χ0n) is 10.9.